The monoisotopic (exact) mass is 338 g/mol. The molecule has 1 amide bonds. The van der Waals surface area contributed by atoms with Crippen LogP contribution in [0.2, 0.25) is 0 Å². The third-order valence-electron chi connectivity index (χ3n) is 5.18. The highest BCUT2D eigenvalue weighted by Crippen LogP contribution is 2.29. The lowest BCUT2D eigenvalue weighted by Crippen LogP contribution is -2.55. The highest BCUT2D eigenvalue weighted by Gasteiger charge is 2.42. The molecule has 1 saturated carbocycles. The maximum atomic E-state index is 13.5. The third kappa shape index (κ3) is 3.59. The van der Waals surface area contributed by atoms with Crippen molar-refractivity contribution in [2.24, 2.45) is 0 Å². The Morgan fingerprint density at radius 3 is 2.60 bits per heavy atom. The van der Waals surface area contributed by atoms with E-state index in [2.05, 4.69) is 22.8 Å². The zero-order valence-electron chi connectivity index (χ0n) is 14.2. The molecule has 0 aromatic heterocycles. The fourth-order valence-corrected chi connectivity index (χ4v) is 3.66. The molecule has 4 heteroatoms. The maximum absolute atomic E-state index is 13.5. The van der Waals surface area contributed by atoms with Crippen molar-refractivity contribution in [1.82, 2.24) is 10.6 Å². The van der Waals surface area contributed by atoms with Crippen molar-refractivity contribution < 1.29 is 9.18 Å². The molecule has 1 atom stereocenters. The average molecular weight is 338 g/mol. The summed E-state index contributed by atoms with van der Waals surface area (Å²) in [5.74, 6) is -0.107. The van der Waals surface area contributed by atoms with Gasteiger partial charge in [-0.05, 0) is 67.5 Å². The number of hydrogen-bond acceptors (Lipinski definition) is 2. The highest BCUT2D eigenvalue weighted by molar-refractivity contribution is 5.87. The van der Waals surface area contributed by atoms with E-state index in [1.165, 1.54) is 6.07 Å². The number of halogens is 1. The van der Waals surface area contributed by atoms with Crippen molar-refractivity contribution in [3.63, 3.8) is 0 Å². The summed E-state index contributed by atoms with van der Waals surface area (Å²) in [4.78, 5) is 12.8. The number of rotatable bonds is 5. The molecule has 2 aliphatic rings. The maximum Gasteiger partial charge on any atom is 0.240 e. The van der Waals surface area contributed by atoms with Crippen molar-refractivity contribution >= 4 is 5.91 Å². The van der Waals surface area contributed by atoms with E-state index in [-0.39, 0.29) is 11.7 Å². The molecule has 3 nitrogen and oxygen atoms in total. The Hall–Kier alpha value is -2.20. The first-order valence-corrected chi connectivity index (χ1v) is 9.06. The van der Waals surface area contributed by atoms with E-state index in [0.29, 0.717) is 12.5 Å². The summed E-state index contributed by atoms with van der Waals surface area (Å²) in [6, 6.07) is 15.1. The van der Waals surface area contributed by atoms with Gasteiger partial charge in [-0.3, -0.25) is 4.79 Å². The van der Waals surface area contributed by atoms with Crippen LogP contribution in [0.1, 0.15) is 31.2 Å². The summed E-state index contributed by atoms with van der Waals surface area (Å²) < 4.78 is 13.5. The van der Waals surface area contributed by atoms with Crippen LogP contribution in [-0.2, 0) is 11.2 Å². The third-order valence-corrected chi connectivity index (χ3v) is 5.18. The number of nitrogens with one attached hydrogen (secondary N) is 2. The largest absolute Gasteiger partial charge is 0.352 e. The molecule has 1 aliphatic heterocycles. The zero-order valence-corrected chi connectivity index (χ0v) is 14.2. The van der Waals surface area contributed by atoms with E-state index >= 15 is 0 Å². The summed E-state index contributed by atoms with van der Waals surface area (Å²) >= 11 is 0. The van der Waals surface area contributed by atoms with Crippen molar-refractivity contribution in [2.45, 2.75) is 43.7 Å². The molecule has 2 fully saturated rings. The Labute approximate surface area is 147 Å². The van der Waals surface area contributed by atoms with Gasteiger partial charge in [-0.1, -0.05) is 36.4 Å². The second kappa shape index (κ2) is 6.60. The summed E-state index contributed by atoms with van der Waals surface area (Å²) in [6.07, 6.45) is 4.72. The van der Waals surface area contributed by atoms with E-state index in [4.69, 9.17) is 0 Å². The summed E-state index contributed by atoms with van der Waals surface area (Å²) in [5, 5.41) is 6.61. The Kier molecular flexibility index (Phi) is 4.30. The Morgan fingerprint density at radius 2 is 1.92 bits per heavy atom. The molecule has 2 aromatic carbocycles. The van der Waals surface area contributed by atoms with Crippen LogP contribution in [0.25, 0.3) is 11.1 Å². The molecular weight excluding hydrogens is 315 g/mol. The molecule has 1 heterocycles. The number of amides is 1. The highest BCUT2D eigenvalue weighted by atomic mass is 19.1. The SMILES string of the molecule is O=C(NC1CC1)C1(Cc2cccc(-c3cccc(F)c3)c2)CCCN1. The fourth-order valence-electron chi connectivity index (χ4n) is 3.66. The lowest BCUT2D eigenvalue weighted by Gasteiger charge is -2.28. The van der Waals surface area contributed by atoms with Crippen molar-refractivity contribution in [3.05, 3.63) is 59.9 Å². The smallest absolute Gasteiger partial charge is 0.240 e. The molecule has 0 radical (unpaired) electrons. The number of carbonyl (C=O) groups excluding carboxylic acids is 1. The number of benzene rings is 2. The minimum Gasteiger partial charge on any atom is -0.352 e. The van der Waals surface area contributed by atoms with Crippen molar-refractivity contribution in [1.29, 1.82) is 0 Å². The van der Waals surface area contributed by atoms with Crippen LogP contribution in [-0.4, -0.2) is 24.0 Å². The van der Waals surface area contributed by atoms with Gasteiger partial charge in [0, 0.05) is 6.04 Å². The van der Waals surface area contributed by atoms with E-state index in [1.54, 1.807) is 12.1 Å². The van der Waals surface area contributed by atoms with E-state index < -0.39 is 5.54 Å². The fraction of sp³-hybridized carbons (Fsp3) is 0.381. The standard InChI is InChI=1S/C21H23FN2O/c22-18-7-2-6-17(13-18)16-5-1-4-15(12-16)14-21(10-3-11-23-21)20(25)24-19-8-9-19/h1-2,4-7,12-13,19,23H,3,8-11,14H2,(H,24,25). The summed E-state index contributed by atoms with van der Waals surface area (Å²) in [7, 11) is 0. The van der Waals surface area contributed by atoms with Gasteiger partial charge in [0.15, 0.2) is 0 Å². The van der Waals surface area contributed by atoms with Crippen molar-refractivity contribution in [2.75, 3.05) is 6.54 Å². The van der Waals surface area contributed by atoms with Gasteiger partial charge in [0.05, 0.1) is 0 Å². The van der Waals surface area contributed by atoms with Gasteiger partial charge in [-0.25, -0.2) is 4.39 Å². The lowest BCUT2D eigenvalue weighted by molar-refractivity contribution is -0.127. The van der Waals surface area contributed by atoms with Gasteiger partial charge in [-0.2, -0.15) is 0 Å². The molecule has 2 N–H and O–H groups in total. The quantitative estimate of drug-likeness (QED) is 0.877. The minimum absolute atomic E-state index is 0.128. The van der Waals surface area contributed by atoms with Gasteiger partial charge in [-0.15, -0.1) is 0 Å². The van der Waals surface area contributed by atoms with Gasteiger partial charge < -0.3 is 10.6 Å². The second-order valence-corrected chi connectivity index (χ2v) is 7.25. The van der Waals surface area contributed by atoms with Crippen LogP contribution in [0.3, 0.4) is 0 Å². The van der Waals surface area contributed by atoms with Crippen LogP contribution in [0.4, 0.5) is 4.39 Å². The van der Waals surface area contributed by atoms with Crippen LogP contribution in [0.5, 0.6) is 0 Å². The molecule has 0 bridgehead atoms. The van der Waals surface area contributed by atoms with Gasteiger partial charge in [0.25, 0.3) is 0 Å². The van der Waals surface area contributed by atoms with Crippen LogP contribution >= 0.6 is 0 Å². The topological polar surface area (TPSA) is 41.1 Å². The minimum atomic E-state index is -0.511. The number of carbonyl (C=O) groups is 1. The van der Waals surface area contributed by atoms with Gasteiger partial charge in [0.2, 0.25) is 5.91 Å². The second-order valence-electron chi connectivity index (χ2n) is 7.25. The molecule has 1 unspecified atom stereocenters. The molecule has 0 spiro atoms. The Balaban J connectivity index is 1.58. The summed E-state index contributed by atoms with van der Waals surface area (Å²) in [5.41, 5.74) is 2.43. The number of hydrogen-bond donors (Lipinski definition) is 2. The zero-order chi connectivity index (χ0) is 17.3. The summed E-state index contributed by atoms with van der Waals surface area (Å²) in [6.45, 7) is 0.877. The predicted octanol–water partition coefficient (Wildman–Crippen LogP) is 3.44. The first-order chi connectivity index (χ1) is 12.1. The lowest BCUT2D eigenvalue weighted by atomic mass is 9.87. The average Bonchev–Trinajstić information content (AvgIpc) is 3.30. The Morgan fingerprint density at radius 1 is 1.16 bits per heavy atom. The van der Waals surface area contributed by atoms with E-state index in [0.717, 1.165) is 48.9 Å². The Bertz CT molecular complexity index is 779. The molecule has 1 saturated heterocycles. The van der Waals surface area contributed by atoms with Crippen molar-refractivity contribution in [3.8, 4) is 11.1 Å². The molecule has 2 aromatic rings. The molecule has 4 rings (SSSR count). The van der Waals surface area contributed by atoms with Gasteiger partial charge in [0.1, 0.15) is 11.4 Å². The molecule has 1 aliphatic carbocycles. The van der Waals surface area contributed by atoms with Crippen LogP contribution in [0.15, 0.2) is 48.5 Å². The molecular formula is C21H23FN2O. The van der Waals surface area contributed by atoms with E-state index in [1.807, 2.05) is 18.2 Å². The van der Waals surface area contributed by atoms with Crippen LogP contribution < -0.4 is 10.6 Å². The van der Waals surface area contributed by atoms with Crippen LogP contribution in [0, 0.1) is 5.82 Å². The first kappa shape index (κ1) is 16.3. The molecule has 25 heavy (non-hydrogen) atoms. The van der Waals surface area contributed by atoms with Gasteiger partial charge >= 0.3 is 0 Å². The first-order valence-electron chi connectivity index (χ1n) is 9.06. The van der Waals surface area contributed by atoms with E-state index in [9.17, 15) is 9.18 Å². The normalized spacial score (nSPS) is 22.8. The predicted molar refractivity (Wildman–Crippen MR) is 96.7 cm³/mol. The molecule has 130 valence electrons.